The summed E-state index contributed by atoms with van der Waals surface area (Å²) in [6, 6.07) is 7.65. The first-order chi connectivity index (χ1) is 30.0. The number of aromatic hydroxyl groups is 1. The van der Waals surface area contributed by atoms with E-state index in [1.807, 2.05) is 13.8 Å². The Hall–Kier alpha value is -6.00. The molecular weight excluding hydrogens is 811 g/mol. The quantitative estimate of drug-likeness (QED) is 0.127. The van der Waals surface area contributed by atoms with Gasteiger partial charge < -0.3 is 46.2 Å². The number of benzene rings is 2. The summed E-state index contributed by atoms with van der Waals surface area (Å²) in [5, 5.41) is 30.9. The zero-order valence-corrected chi connectivity index (χ0v) is 36.9. The lowest BCUT2D eigenvalue weighted by molar-refractivity contribution is -0.146. The van der Waals surface area contributed by atoms with Gasteiger partial charge in [0.2, 0.25) is 41.4 Å². The molecule has 3 aliphatic heterocycles. The molecule has 63 heavy (non-hydrogen) atoms. The number of rotatable bonds is 18. The number of aliphatic carboxylic acids is 1. The molecule has 2 aromatic rings. The maximum atomic E-state index is 14.4. The summed E-state index contributed by atoms with van der Waals surface area (Å²) in [5.74, 6) is -5.51. The van der Waals surface area contributed by atoms with Crippen molar-refractivity contribution in [2.45, 2.75) is 135 Å². The number of nitrogens with zero attached hydrogens (tertiary/aromatic N) is 3. The smallest absolute Gasteiger partial charge is 0.326 e. The van der Waals surface area contributed by atoms with Crippen molar-refractivity contribution in [3.63, 3.8) is 0 Å². The van der Waals surface area contributed by atoms with Crippen molar-refractivity contribution in [3.05, 3.63) is 65.7 Å². The third-order valence-electron chi connectivity index (χ3n) is 12.5. The summed E-state index contributed by atoms with van der Waals surface area (Å²) in [5.41, 5.74) is 1.26. The summed E-state index contributed by atoms with van der Waals surface area (Å²) in [6.07, 6.45) is 3.38. The first-order valence-electron chi connectivity index (χ1n) is 22.1. The maximum Gasteiger partial charge on any atom is 0.326 e. The van der Waals surface area contributed by atoms with Crippen LogP contribution in [0.2, 0.25) is 0 Å². The molecule has 0 aliphatic carbocycles. The number of amides is 7. The van der Waals surface area contributed by atoms with Crippen molar-refractivity contribution in [2.24, 2.45) is 11.8 Å². The first-order valence-corrected chi connectivity index (χ1v) is 22.1. The van der Waals surface area contributed by atoms with Crippen LogP contribution in [0, 0.1) is 11.8 Å². The fraction of sp³-hybridized carbons (Fsp3) is 0.565. The van der Waals surface area contributed by atoms with Crippen LogP contribution in [0.4, 0.5) is 0 Å². The Balaban J connectivity index is 1.29. The molecule has 0 saturated carbocycles. The predicted octanol–water partition coefficient (Wildman–Crippen LogP) is 1.90. The highest BCUT2D eigenvalue weighted by molar-refractivity contribution is 5.98. The van der Waals surface area contributed by atoms with Gasteiger partial charge in [-0.05, 0) is 73.6 Å². The van der Waals surface area contributed by atoms with Crippen LogP contribution in [0.3, 0.4) is 0 Å². The van der Waals surface area contributed by atoms with Crippen molar-refractivity contribution < 1.29 is 48.6 Å². The molecule has 17 nitrogen and oxygen atoms in total. The van der Waals surface area contributed by atoms with Gasteiger partial charge in [0.15, 0.2) is 0 Å². The summed E-state index contributed by atoms with van der Waals surface area (Å²) in [6.45, 7) is 9.65. The van der Waals surface area contributed by atoms with Crippen LogP contribution in [0.1, 0.15) is 90.7 Å². The molecule has 17 heteroatoms. The summed E-state index contributed by atoms with van der Waals surface area (Å²) in [7, 11) is 0. The average Bonchev–Trinajstić information content (AvgIpc) is 4.06. The Kier molecular flexibility index (Phi) is 16.7. The molecule has 0 spiro atoms. The first kappa shape index (κ1) is 48.0. The fourth-order valence-electron chi connectivity index (χ4n) is 8.75. The summed E-state index contributed by atoms with van der Waals surface area (Å²) in [4.78, 5) is 113. The fourth-order valence-corrected chi connectivity index (χ4v) is 8.75. The van der Waals surface area contributed by atoms with Gasteiger partial charge in [-0.1, -0.05) is 76.6 Å². The molecule has 2 aromatic carbocycles. The number of hydrogen-bond acceptors (Lipinski definition) is 9. The molecule has 3 fully saturated rings. The standard InChI is InChI=1S/C46H63N7O10/c1-6-28(4)39(50-42(58)36-16-10-23-52(36)44(60)37-17-12-22-51(37)29(5)54)43(59)49-38(27(2)3)45(61)53-24-11-15-35(53)41(57)47-33(25-31-18-20-32(55)21-19-31)40(56)48-34(46(62)63)26-30-13-8-7-9-14-30/h7-9,13-14,18-21,27-28,33-39,55H,6,10-12,15-17,22-26H2,1-5H3,(H,47,57)(H,48,56)(H,49,59)(H,50,58)(H,62,63)/t28-,33-,34-,35-,36-,37-,38-,39-/m0/s1. The molecule has 8 atom stereocenters. The van der Waals surface area contributed by atoms with Gasteiger partial charge in [-0.15, -0.1) is 0 Å². The average molecular weight is 874 g/mol. The number of carboxylic acids is 1. The van der Waals surface area contributed by atoms with E-state index in [-0.39, 0.29) is 49.3 Å². The molecule has 0 aromatic heterocycles. The SMILES string of the molecule is CC[C@H](C)[C@H](NC(=O)[C@@H]1CCCN1C(=O)[C@@H]1CCCN1C(C)=O)C(=O)N[C@H](C(=O)N1CCC[C@H]1C(=O)N[C@@H](Cc1ccc(O)cc1)C(=O)N[C@@H](Cc1ccccc1)C(=O)O)C(C)C. The van der Waals surface area contributed by atoms with Crippen molar-refractivity contribution in [3.8, 4) is 5.75 Å². The van der Waals surface area contributed by atoms with Crippen LogP contribution in [0.15, 0.2) is 54.6 Å². The van der Waals surface area contributed by atoms with E-state index in [4.69, 9.17) is 0 Å². The zero-order chi connectivity index (χ0) is 46.0. The number of carboxylic acid groups (broad SMARTS) is 1. The molecule has 5 rings (SSSR count). The van der Waals surface area contributed by atoms with Crippen LogP contribution in [0.5, 0.6) is 5.75 Å². The molecule has 3 aliphatic rings. The third-order valence-corrected chi connectivity index (χ3v) is 12.5. The van der Waals surface area contributed by atoms with Gasteiger partial charge in [0.05, 0.1) is 0 Å². The Morgan fingerprint density at radius 2 is 1.17 bits per heavy atom. The molecule has 7 amide bonds. The molecule has 0 unspecified atom stereocenters. The lowest BCUT2D eigenvalue weighted by atomic mass is 9.95. The van der Waals surface area contributed by atoms with Crippen LogP contribution >= 0.6 is 0 Å². The molecule has 3 saturated heterocycles. The lowest BCUT2D eigenvalue weighted by Crippen LogP contribution is -2.61. The van der Waals surface area contributed by atoms with Crippen molar-refractivity contribution in [1.29, 1.82) is 0 Å². The Bertz CT molecular complexity index is 1980. The summed E-state index contributed by atoms with van der Waals surface area (Å²) >= 11 is 0. The topological polar surface area (TPSA) is 235 Å². The van der Waals surface area contributed by atoms with Crippen molar-refractivity contribution in [1.82, 2.24) is 36.0 Å². The number of hydrogen-bond donors (Lipinski definition) is 6. The number of phenolic OH excluding ortho intramolecular Hbond substituents is 1. The second-order valence-corrected chi connectivity index (χ2v) is 17.4. The molecule has 6 N–H and O–H groups in total. The van der Waals surface area contributed by atoms with E-state index >= 15 is 0 Å². The molecular formula is C46H63N7O10. The normalized spacial score (nSPS) is 20.9. The van der Waals surface area contributed by atoms with Gasteiger partial charge >= 0.3 is 5.97 Å². The van der Waals surface area contributed by atoms with E-state index < -0.39 is 83.7 Å². The van der Waals surface area contributed by atoms with Gasteiger partial charge in [-0.25, -0.2) is 4.79 Å². The highest BCUT2D eigenvalue weighted by Gasteiger charge is 2.44. The number of likely N-dealkylation sites (tertiary alicyclic amines) is 3. The molecule has 0 bridgehead atoms. The number of carbonyl (C=O) groups excluding carboxylic acids is 7. The van der Waals surface area contributed by atoms with Crippen LogP contribution in [-0.4, -0.2) is 134 Å². The van der Waals surface area contributed by atoms with Gasteiger partial charge in [0.25, 0.3) is 0 Å². The van der Waals surface area contributed by atoms with E-state index in [2.05, 4.69) is 21.3 Å². The maximum absolute atomic E-state index is 14.4. The van der Waals surface area contributed by atoms with E-state index in [1.165, 1.54) is 28.9 Å². The molecule has 0 radical (unpaired) electrons. The number of phenols is 1. The second kappa shape index (κ2) is 21.9. The Morgan fingerprint density at radius 1 is 0.635 bits per heavy atom. The highest BCUT2D eigenvalue weighted by Crippen LogP contribution is 2.26. The monoisotopic (exact) mass is 873 g/mol. The number of nitrogens with one attached hydrogen (secondary N) is 4. The van der Waals surface area contributed by atoms with Crippen LogP contribution in [0.25, 0.3) is 0 Å². The van der Waals surface area contributed by atoms with E-state index in [0.29, 0.717) is 62.7 Å². The van der Waals surface area contributed by atoms with Gasteiger partial charge in [-0.3, -0.25) is 33.6 Å². The van der Waals surface area contributed by atoms with Crippen LogP contribution < -0.4 is 21.3 Å². The summed E-state index contributed by atoms with van der Waals surface area (Å²) < 4.78 is 0. The van der Waals surface area contributed by atoms with E-state index in [9.17, 15) is 48.6 Å². The predicted molar refractivity (Wildman–Crippen MR) is 231 cm³/mol. The van der Waals surface area contributed by atoms with Gasteiger partial charge in [0, 0.05) is 39.4 Å². The van der Waals surface area contributed by atoms with Gasteiger partial charge in [-0.2, -0.15) is 0 Å². The minimum atomic E-state index is -1.31. The van der Waals surface area contributed by atoms with E-state index in [0.717, 1.165) is 0 Å². The largest absolute Gasteiger partial charge is 0.508 e. The minimum absolute atomic E-state index is 0.00268. The lowest BCUT2D eigenvalue weighted by Gasteiger charge is -2.34. The second-order valence-electron chi connectivity index (χ2n) is 17.4. The molecule has 342 valence electrons. The van der Waals surface area contributed by atoms with Crippen LogP contribution in [-0.2, 0) is 51.2 Å². The van der Waals surface area contributed by atoms with Crippen molar-refractivity contribution in [2.75, 3.05) is 19.6 Å². The Morgan fingerprint density at radius 3 is 1.76 bits per heavy atom. The zero-order valence-electron chi connectivity index (χ0n) is 36.9. The number of carbonyl (C=O) groups is 8. The highest BCUT2D eigenvalue weighted by atomic mass is 16.4. The minimum Gasteiger partial charge on any atom is -0.508 e. The van der Waals surface area contributed by atoms with Gasteiger partial charge in [0.1, 0.15) is 48.0 Å². The third kappa shape index (κ3) is 12.1. The Labute approximate surface area is 368 Å². The van der Waals surface area contributed by atoms with E-state index in [1.54, 1.807) is 61.2 Å². The molecule has 3 heterocycles. The van der Waals surface area contributed by atoms with Crippen molar-refractivity contribution >= 4 is 47.3 Å².